The molecule has 30 heavy (non-hydrogen) atoms. The van der Waals surface area contributed by atoms with Gasteiger partial charge < -0.3 is 20.1 Å². The van der Waals surface area contributed by atoms with Crippen molar-refractivity contribution in [1.82, 2.24) is 5.32 Å². The van der Waals surface area contributed by atoms with Crippen molar-refractivity contribution in [3.8, 4) is 5.75 Å². The minimum atomic E-state index is -1.10. The lowest BCUT2D eigenvalue weighted by molar-refractivity contribution is -0.156. The molecule has 9 heteroatoms. The van der Waals surface area contributed by atoms with Gasteiger partial charge in [-0.2, -0.15) is 0 Å². The Morgan fingerprint density at radius 2 is 1.73 bits per heavy atom. The van der Waals surface area contributed by atoms with Crippen LogP contribution in [0.3, 0.4) is 0 Å². The van der Waals surface area contributed by atoms with Crippen molar-refractivity contribution in [2.24, 2.45) is 0 Å². The van der Waals surface area contributed by atoms with Crippen molar-refractivity contribution < 1.29 is 23.9 Å². The summed E-state index contributed by atoms with van der Waals surface area (Å²) in [4.78, 5) is 36.1. The molecule has 0 saturated carbocycles. The van der Waals surface area contributed by atoms with Gasteiger partial charge in [0.15, 0.2) is 12.7 Å². The number of para-hydroxylation sites is 1. The molecule has 2 N–H and O–H groups in total. The van der Waals surface area contributed by atoms with Crippen LogP contribution in [0.1, 0.15) is 18.1 Å². The Bertz CT molecular complexity index is 929. The standard InChI is InChI=1S/C21H22Cl2N2O5/c1-12-5-4-6-13(2)20(12)25-18(26)10-24-21(28)14(3)30-19(27)11-29-17-8-7-15(22)9-16(17)23/h4-9,14H,10-11H2,1-3H3,(H,24,28)(H,25,26). The van der Waals surface area contributed by atoms with Gasteiger partial charge in [-0.25, -0.2) is 4.79 Å². The molecule has 7 nitrogen and oxygen atoms in total. The van der Waals surface area contributed by atoms with Gasteiger partial charge in [-0.3, -0.25) is 9.59 Å². The number of aryl methyl sites for hydroxylation is 2. The lowest BCUT2D eigenvalue weighted by Crippen LogP contribution is -2.40. The Kier molecular flexibility index (Phi) is 8.50. The number of nitrogens with one attached hydrogen (secondary N) is 2. The zero-order valence-electron chi connectivity index (χ0n) is 16.8. The van der Waals surface area contributed by atoms with Gasteiger partial charge >= 0.3 is 5.97 Å². The number of benzene rings is 2. The van der Waals surface area contributed by atoms with Gasteiger partial charge in [0, 0.05) is 10.7 Å². The number of halogens is 2. The average molecular weight is 453 g/mol. The number of ether oxygens (including phenoxy) is 2. The maximum Gasteiger partial charge on any atom is 0.344 e. The molecule has 2 amide bonds. The number of hydrogen-bond donors (Lipinski definition) is 2. The first-order valence-electron chi connectivity index (χ1n) is 9.08. The fourth-order valence-corrected chi connectivity index (χ4v) is 2.98. The first kappa shape index (κ1) is 23.5. The van der Waals surface area contributed by atoms with Crippen LogP contribution in [0.4, 0.5) is 5.69 Å². The summed E-state index contributed by atoms with van der Waals surface area (Å²) in [6.07, 6.45) is -1.10. The van der Waals surface area contributed by atoms with Crippen molar-refractivity contribution >= 4 is 46.7 Å². The maximum absolute atomic E-state index is 12.1. The Labute approximate surface area is 184 Å². The Hall–Kier alpha value is -2.77. The van der Waals surface area contributed by atoms with E-state index >= 15 is 0 Å². The van der Waals surface area contributed by atoms with Crippen LogP contribution in [0.15, 0.2) is 36.4 Å². The second-order valence-electron chi connectivity index (χ2n) is 6.53. The van der Waals surface area contributed by atoms with E-state index in [1.165, 1.54) is 19.1 Å². The van der Waals surface area contributed by atoms with E-state index in [0.29, 0.717) is 10.7 Å². The Morgan fingerprint density at radius 1 is 1.07 bits per heavy atom. The first-order valence-corrected chi connectivity index (χ1v) is 9.84. The highest BCUT2D eigenvalue weighted by Crippen LogP contribution is 2.27. The second kappa shape index (κ2) is 10.8. The molecule has 0 radical (unpaired) electrons. The van der Waals surface area contributed by atoms with Gasteiger partial charge in [-0.15, -0.1) is 0 Å². The lowest BCUT2D eigenvalue weighted by Gasteiger charge is -2.15. The predicted octanol–water partition coefficient (Wildman–Crippen LogP) is 3.68. The van der Waals surface area contributed by atoms with E-state index in [1.54, 1.807) is 6.07 Å². The molecule has 0 aliphatic carbocycles. The average Bonchev–Trinajstić information content (AvgIpc) is 2.68. The molecule has 2 aromatic rings. The molecular formula is C21H22Cl2N2O5. The predicted molar refractivity (Wildman–Crippen MR) is 115 cm³/mol. The van der Waals surface area contributed by atoms with Gasteiger partial charge in [-0.05, 0) is 50.1 Å². The summed E-state index contributed by atoms with van der Waals surface area (Å²) in [6, 6.07) is 10.2. The minimum absolute atomic E-state index is 0.246. The third-order valence-electron chi connectivity index (χ3n) is 4.09. The number of rotatable bonds is 8. The molecule has 1 unspecified atom stereocenters. The van der Waals surface area contributed by atoms with Crippen molar-refractivity contribution in [3.05, 3.63) is 57.6 Å². The molecule has 0 aliphatic rings. The molecule has 160 valence electrons. The molecule has 0 bridgehead atoms. The Balaban J connectivity index is 1.77. The van der Waals surface area contributed by atoms with Crippen LogP contribution in [0.25, 0.3) is 0 Å². The molecule has 0 heterocycles. The monoisotopic (exact) mass is 452 g/mol. The summed E-state index contributed by atoms with van der Waals surface area (Å²) in [6.45, 7) is 4.45. The van der Waals surface area contributed by atoms with E-state index in [2.05, 4.69) is 10.6 Å². The van der Waals surface area contributed by atoms with E-state index in [-0.39, 0.29) is 23.2 Å². The summed E-state index contributed by atoms with van der Waals surface area (Å²) in [7, 11) is 0. The van der Waals surface area contributed by atoms with Crippen LogP contribution in [-0.2, 0) is 19.1 Å². The van der Waals surface area contributed by atoms with Gasteiger partial charge in [0.1, 0.15) is 5.75 Å². The van der Waals surface area contributed by atoms with Crippen molar-refractivity contribution in [3.63, 3.8) is 0 Å². The number of anilines is 1. The smallest absolute Gasteiger partial charge is 0.344 e. The highest BCUT2D eigenvalue weighted by molar-refractivity contribution is 6.35. The third kappa shape index (κ3) is 6.93. The molecule has 0 spiro atoms. The second-order valence-corrected chi connectivity index (χ2v) is 7.37. The van der Waals surface area contributed by atoms with Crippen molar-refractivity contribution in [1.29, 1.82) is 0 Å². The molecule has 2 aromatic carbocycles. The minimum Gasteiger partial charge on any atom is -0.480 e. The van der Waals surface area contributed by atoms with E-state index < -0.39 is 24.6 Å². The molecule has 0 fully saturated rings. The third-order valence-corrected chi connectivity index (χ3v) is 4.62. The van der Waals surface area contributed by atoms with Gasteiger partial charge in [-0.1, -0.05) is 41.4 Å². The molecule has 0 aromatic heterocycles. The van der Waals surface area contributed by atoms with E-state index in [9.17, 15) is 14.4 Å². The number of hydrogen-bond acceptors (Lipinski definition) is 5. The summed E-state index contributed by atoms with van der Waals surface area (Å²) >= 11 is 11.7. The van der Waals surface area contributed by atoms with Crippen LogP contribution in [0.5, 0.6) is 5.75 Å². The van der Waals surface area contributed by atoms with Gasteiger partial charge in [0.05, 0.1) is 11.6 Å². The zero-order chi connectivity index (χ0) is 22.3. The number of carbonyl (C=O) groups excluding carboxylic acids is 3. The highest BCUT2D eigenvalue weighted by atomic mass is 35.5. The quantitative estimate of drug-likeness (QED) is 0.595. The largest absolute Gasteiger partial charge is 0.480 e. The normalized spacial score (nSPS) is 11.4. The fourth-order valence-electron chi connectivity index (χ4n) is 2.52. The number of esters is 1. The van der Waals surface area contributed by atoms with Crippen LogP contribution in [0, 0.1) is 13.8 Å². The summed E-state index contributed by atoms with van der Waals surface area (Å²) in [5.74, 6) is -1.49. The molecular weight excluding hydrogens is 431 g/mol. The topological polar surface area (TPSA) is 93.7 Å². The summed E-state index contributed by atoms with van der Waals surface area (Å²) in [5, 5.41) is 5.87. The molecule has 0 aliphatic heterocycles. The summed E-state index contributed by atoms with van der Waals surface area (Å²) < 4.78 is 10.3. The SMILES string of the molecule is Cc1cccc(C)c1NC(=O)CNC(=O)C(C)OC(=O)COc1ccc(Cl)cc1Cl. The fraction of sp³-hybridized carbons (Fsp3) is 0.286. The van der Waals surface area contributed by atoms with Crippen LogP contribution in [-0.4, -0.2) is 37.0 Å². The van der Waals surface area contributed by atoms with Crippen LogP contribution >= 0.6 is 23.2 Å². The van der Waals surface area contributed by atoms with Crippen molar-refractivity contribution in [2.75, 3.05) is 18.5 Å². The van der Waals surface area contributed by atoms with Crippen LogP contribution < -0.4 is 15.4 Å². The van der Waals surface area contributed by atoms with Crippen LogP contribution in [0.2, 0.25) is 10.0 Å². The van der Waals surface area contributed by atoms with E-state index in [1.807, 2.05) is 32.0 Å². The lowest BCUT2D eigenvalue weighted by atomic mass is 10.1. The summed E-state index contributed by atoms with van der Waals surface area (Å²) in [5.41, 5.74) is 2.53. The number of carbonyl (C=O) groups is 3. The first-order chi connectivity index (χ1) is 14.2. The zero-order valence-corrected chi connectivity index (χ0v) is 18.3. The molecule has 2 rings (SSSR count). The van der Waals surface area contributed by atoms with E-state index in [0.717, 1.165) is 11.1 Å². The molecule has 1 atom stereocenters. The van der Waals surface area contributed by atoms with Gasteiger partial charge in [0.25, 0.3) is 5.91 Å². The van der Waals surface area contributed by atoms with Gasteiger partial charge in [0.2, 0.25) is 5.91 Å². The van der Waals surface area contributed by atoms with Crippen molar-refractivity contribution in [2.45, 2.75) is 26.9 Å². The maximum atomic E-state index is 12.1. The molecule has 0 saturated heterocycles. The number of amides is 2. The Morgan fingerprint density at radius 3 is 2.37 bits per heavy atom. The van der Waals surface area contributed by atoms with E-state index in [4.69, 9.17) is 32.7 Å². The highest BCUT2D eigenvalue weighted by Gasteiger charge is 2.19.